The van der Waals surface area contributed by atoms with Gasteiger partial charge in [-0.1, -0.05) is 6.07 Å². The maximum atomic E-state index is 13.0. The van der Waals surface area contributed by atoms with Crippen molar-refractivity contribution >= 4 is 5.96 Å². The van der Waals surface area contributed by atoms with E-state index in [0.717, 1.165) is 50.6 Å². The molecule has 2 saturated heterocycles. The Labute approximate surface area is 182 Å². The molecule has 2 aliphatic heterocycles. The van der Waals surface area contributed by atoms with Crippen LogP contribution in [0.5, 0.6) is 11.6 Å². The molecule has 0 aliphatic carbocycles. The zero-order valence-electron chi connectivity index (χ0n) is 17.8. The Kier molecular flexibility index (Phi) is 7.32. The van der Waals surface area contributed by atoms with Crippen LogP contribution in [0.25, 0.3) is 0 Å². The Morgan fingerprint density at radius 2 is 2.03 bits per heavy atom. The first-order valence-corrected chi connectivity index (χ1v) is 10.9. The Bertz CT molecular complexity index is 854. The molecule has 2 unspecified atom stereocenters. The van der Waals surface area contributed by atoms with Crippen LogP contribution in [0.1, 0.15) is 25.3 Å². The smallest absolute Gasteiger partial charge is 0.219 e. The average molecular weight is 429 g/mol. The Morgan fingerprint density at radius 3 is 2.74 bits per heavy atom. The molecule has 1 aromatic heterocycles. The molecule has 2 atom stereocenters. The summed E-state index contributed by atoms with van der Waals surface area (Å²) in [6.45, 7) is 6.45. The molecule has 0 amide bonds. The predicted molar refractivity (Wildman–Crippen MR) is 116 cm³/mol. The number of guanidine groups is 1. The second-order valence-corrected chi connectivity index (χ2v) is 7.64. The number of benzene rings is 1. The van der Waals surface area contributed by atoms with Crippen molar-refractivity contribution in [2.45, 2.75) is 38.5 Å². The highest BCUT2D eigenvalue weighted by molar-refractivity contribution is 5.80. The van der Waals surface area contributed by atoms with Gasteiger partial charge in [0.1, 0.15) is 17.7 Å². The quantitative estimate of drug-likeness (QED) is 0.562. The van der Waals surface area contributed by atoms with Gasteiger partial charge in [-0.3, -0.25) is 0 Å². The zero-order chi connectivity index (χ0) is 21.5. The molecule has 0 radical (unpaired) electrons. The van der Waals surface area contributed by atoms with Crippen LogP contribution in [-0.4, -0.2) is 60.9 Å². The normalized spacial score (nSPS) is 21.9. The van der Waals surface area contributed by atoms with Crippen molar-refractivity contribution in [1.82, 2.24) is 15.2 Å². The van der Waals surface area contributed by atoms with Gasteiger partial charge >= 0.3 is 0 Å². The van der Waals surface area contributed by atoms with Gasteiger partial charge in [0, 0.05) is 38.5 Å². The molecular weight excluding hydrogens is 399 g/mol. The molecule has 8 heteroatoms. The van der Waals surface area contributed by atoms with Crippen LogP contribution < -0.4 is 10.1 Å². The van der Waals surface area contributed by atoms with E-state index in [2.05, 4.69) is 22.1 Å². The van der Waals surface area contributed by atoms with E-state index < -0.39 is 0 Å². The maximum absolute atomic E-state index is 13.0. The number of rotatable bonds is 6. The van der Waals surface area contributed by atoms with Crippen LogP contribution in [0.2, 0.25) is 0 Å². The number of nitrogens with zero attached hydrogens (tertiary/aromatic N) is 3. The van der Waals surface area contributed by atoms with Crippen molar-refractivity contribution in [2.24, 2.45) is 4.99 Å². The number of halogens is 1. The van der Waals surface area contributed by atoms with Crippen molar-refractivity contribution in [1.29, 1.82) is 0 Å². The summed E-state index contributed by atoms with van der Waals surface area (Å²) in [6.07, 6.45) is 4.19. The van der Waals surface area contributed by atoms with Gasteiger partial charge in [-0.2, -0.15) is 0 Å². The SMILES string of the molecule is CCNC(=NCc1ccc(Oc2ccc(F)cc2)nc1)N1CCOC(C2CCCO2)C1. The molecule has 1 aromatic carbocycles. The highest BCUT2D eigenvalue weighted by Gasteiger charge is 2.32. The number of ether oxygens (including phenoxy) is 3. The first-order chi connectivity index (χ1) is 15.2. The molecule has 4 rings (SSSR count). The fourth-order valence-corrected chi connectivity index (χ4v) is 3.77. The lowest BCUT2D eigenvalue weighted by molar-refractivity contribution is -0.0817. The Morgan fingerprint density at radius 1 is 1.19 bits per heavy atom. The molecular formula is C23H29FN4O3. The minimum atomic E-state index is -0.299. The fraction of sp³-hybridized carbons (Fsp3) is 0.478. The van der Waals surface area contributed by atoms with Gasteiger partial charge in [-0.15, -0.1) is 0 Å². The third-order valence-corrected chi connectivity index (χ3v) is 5.35. The summed E-state index contributed by atoms with van der Waals surface area (Å²) < 4.78 is 30.4. The monoisotopic (exact) mass is 428 g/mol. The van der Waals surface area contributed by atoms with Crippen molar-refractivity contribution in [3.63, 3.8) is 0 Å². The van der Waals surface area contributed by atoms with E-state index in [1.165, 1.54) is 12.1 Å². The van der Waals surface area contributed by atoms with Gasteiger partial charge in [0.2, 0.25) is 5.88 Å². The molecule has 31 heavy (non-hydrogen) atoms. The van der Waals surface area contributed by atoms with E-state index >= 15 is 0 Å². The van der Waals surface area contributed by atoms with E-state index in [1.54, 1.807) is 24.4 Å². The van der Waals surface area contributed by atoms with Crippen molar-refractivity contribution in [3.8, 4) is 11.6 Å². The van der Waals surface area contributed by atoms with E-state index in [1.807, 2.05) is 6.07 Å². The fourth-order valence-electron chi connectivity index (χ4n) is 3.77. The van der Waals surface area contributed by atoms with E-state index in [9.17, 15) is 4.39 Å². The summed E-state index contributed by atoms with van der Waals surface area (Å²) in [5, 5.41) is 3.39. The minimum absolute atomic E-state index is 0.0877. The summed E-state index contributed by atoms with van der Waals surface area (Å²) in [6, 6.07) is 9.59. The topological polar surface area (TPSA) is 68.2 Å². The van der Waals surface area contributed by atoms with Crippen LogP contribution in [0.3, 0.4) is 0 Å². The first kappa shape index (κ1) is 21.5. The van der Waals surface area contributed by atoms with Crippen LogP contribution in [0, 0.1) is 5.82 Å². The number of nitrogens with one attached hydrogen (secondary N) is 1. The molecule has 3 heterocycles. The third kappa shape index (κ3) is 5.92. The maximum Gasteiger partial charge on any atom is 0.219 e. The van der Waals surface area contributed by atoms with E-state index in [4.69, 9.17) is 19.2 Å². The first-order valence-electron chi connectivity index (χ1n) is 10.9. The number of aliphatic imine (C=N–C) groups is 1. The molecule has 166 valence electrons. The lowest BCUT2D eigenvalue weighted by atomic mass is 10.1. The van der Waals surface area contributed by atoms with Gasteiger partial charge < -0.3 is 24.4 Å². The van der Waals surface area contributed by atoms with Crippen molar-refractivity contribution in [2.75, 3.05) is 32.8 Å². The second kappa shape index (κ2) is 10.5. The van der Waals surface area contributed by atoms with Gasteiger partial charge in [-0.05, 0) is 49.6 Å². The molecule has 7 nitrogen and oxygen atoms in total. The molecule has 1 N–H and O–H groups in total. The van der Waals surface area contributed by atoms with Crippen LogP contribution in [0.15, 0.2) is 47.6 Å². The van der Waals surface area contributed by atoms with Gasteiger partial charge in [0.15, 0.2) is 5.96 Å². The summed E-state index contributed by atoms with van der Waals surface area (Å²) in [4.78, 5) is 11.4. The second-order valence-electron chi connectivity index (χ2n) is 7.64. The van der Waals surface area contributed by atoms with Crippen molar-refractivity contribution < 1.29 is 18.6 Å². The Hall–Kier alpha value is -2.71. The molecule has 0 spiro atoms. The van der Waals surface area contributed by atoms with Gasteiger partial charge in [0.05, 0.1) is 19.3 Å². The summed E-state index contributed by atoms with van der Waals surface area (Å²) in [5.41, 5.74) is 0.978. The highest BCUT2D eigenvalue weighted by Crippen LogP contribution is 2.22. The highest BCUT2D eigenvalue weighted by atomic mass is 19.1. The van der Waals surface area contributed by atoms with Crippen LogP contribution >= 0.6 is 0 Å². The average Bonchev–Trinajstić information content (AvgIpc) is 3.34. The predicted octanol–water partition coefficient (Wildman–Crippen LogP) is 3.36. The largest absolute Gasteiger partial charge is 0.439 e. The molecule has 0 saturated carbocycles. The lowest BCUT2D eigenvalue weighted by Crippen LogP contribution is -2.53. The number of morpholine rings is 1. The van der Waals surface area contributed by atoms with E-state index in [0.29, 0.717) is 24.8 Å². The number of aromatic nitrogens is 1. The van der Waals surface area contributed by atoms with Crippen LogP contribution in [-0.2, 0) is 16.0 Å². The number of pyridine rings is 1. The molecule has 0 bridgehead atoms. The minimum Gasteiger partial charge on any atom is -0.439 e. The third-order valence-electron chi connectivity index (χ3n) is 5.35. The van der Waals surface area contributed by atoms with Crippen molar-refractivity contribution in [3.05, 3.63) is 54.0 Å². The molecule has 2 aromatic rings. The van der Waals surface area contributed by atoms with E-state index in [-0.39, 0.29) is 18.0 Å². The zero-order valence-corrected chi connectivity index (χ0v) is 17.8. The lowest BCUT2D eigenvalue weighted by Gasteiger charge is -2.37. The standard InChI is InChI=1S/C23H29FN4O3/c1-2-25-23(28-11-13-30-21(16-28)20-4-3-12-29-20)27-15-17-5-10-22(26-14-17)31-19-8-6-18(24)7-9-19/h5-10,14,20-21H,2-4,11-13,15-16H2,1H3,(H,25,27). The summed E-state index contributed by atoms with van der Waals surface area (Å²) >= 11 is 0. The van der Waals surface area contributed by atoms with Gasteiger partial charge in [-0.25, -0.2) is 14.4 Å². The number of hydrogen-bond donors (Lipinski definition) is 1. The Balaban J connectivity index is 1.36. The molecule has 2 fully saturated rings. The summed E-state index contributed by atoms with van der Waals surface area (Å²) in [7, 11) is 0. The number of hydrogen-bond acceptors (Lipinski definition) is 5. The summed E-state index contributed by atoms with van der Waals surface area (Å²) in [5.74, 6) is 1.58. The van der Waals surface area contributed by atoms with Crippen LogP contribution in [0.4, 0.5) is 4.39 Å². The van der Waals surface area contributed by atoms with Gasteiger partial charge in [0.25, 0.3) is 0 Å². The molecule has 2 aliphatic rings.